The van der Waals surface area contributed by atoms with E-state index in [0.29, 0.717) is 5.69 Å². The summed E-state index contributed by atoms with van der Waals surface area (Å²) in [5.74, 6) is 0.106. The van der Waals surface area contributed by atoms with Crippen molar-refractivity contribution < 1.29 is 9.31 Å². The highest BCUT2D eigenvalue weighted by Crippen LogP contribution is 2.50. The number of allylic oxidation sites excluding steroid dienone is 2. The van der Waals surface area contributed by atoms with E-state index in [1.165, 1.54) is 12.1 Å². The average Bonchev–Trinajstić information content (AvgIpc) is 3.04. The first-order chi connectivity index (χ1) is 11.1. The molecule has 2 aromatic carbocycles. The standard InChI is InChI=1S/C18H15FN2O2/c19-16-9-3-8-15-13-6-2-7-14(13)17(20-18(15)16)11-4-1-5-12(10-11)21(22)23/h1-6,8-10,13-14,17,20H,7H2/t13-,14+,17+/m0/s1. The molecule has 0 radical (unpaired) electrons. The molecule has 5 heteroatoms. The lowest BCUT2D eigenvalue weighted by Gasteiger charge is -2.37. The molecule has 0 bridgehead atoms. The van der Waals surface area contributed by atoms with Gasteiger partial charge in [-0.25, -0.2) is 4.39 Å². The Kier molecular flexibility index (Phi) is 3.15. The van der Waals surface area contributed by atoms with Crippen molar-refractivity contribution in [2.45, 2.75) is 18.4 Å². The molecule has 23 heavy (non-hydrogen) atoms. The number of nitrogens with one attached hydrogen (secondary N) is 1. The average molecular weight is 310 g/mol. The highest BCUT2D eigenvalue weighted by molar-refractivity contribution is 5.60. The zero-order valence-electron chi connectivity index (χ0n) is 12.3. The lowest BCUT2D eigenvalue weighted by atomic mass is 9.77. The fourth-order valence-corrected chi connectivity index (χ4v) is 3.75. The Morgan fingerprint density at radius 1 is 1.22 bits per heavy atom. The van der Waals surface area contributed by atoms with Gasteiger partial charge in [0.05, 0.1) is 16.7 Å². The van der Waals surface area contributed by atoms with E-state index in [0.717, 1.165) is 17.5 Å². The second-order valence-electron chi connectivity index (χ2n) is 6.03. The Labute approximate surface area is 132 Å². The summed E-state index contributed by atoms with van der Waals surface area (Å²) in [7, 11) is 0. The molecule has 1 heterocycles. The summed E-state index contributed by atoms with van der Waals surface area (Å²) in [6, 6.07) is 11.6. The lowest BCUT2D eigenvalue weighted by molar-refractivity contribution is -0.384. The van der Waals surface area contributed by atoms with Gasteiger partial charge >= 0.3 is 0 Å². The van der Waals surface area contributed by atoms with Crippen LogP contribution in [-0.2, 0) is 0 Å². The number of hydrogen-bond acceptors (Lipinski definition) is 3. The summed E-state index contributed by atoms with van der Waals surface area (Å²) in [6.07, 6.45) is 5.11. The van der Waals surface area contributed by atoms with Crippen LogP contribution in [0.5, 0.6) is 0 Å². The number of nitrogens with zero attached hydrogens (tertiary/aromatic N) is 1. The molecule has 116 valence electrons. The minimum absolute atomic E-state index is 0.0612. The van der Waals surface area contributed by atoms with E-state index in [2.05, 4.69) is 17.5 Å². The Morgan fingerprint density at radius 3 is 2.87 bits per heavy atom. The maximum atomic E-state index is 14.2. The van der Waals surface area contributed by atoms with Gasteiger partial charge in [-0.05, 0) is 29.5 Å². The molecule has 0 spiro atoms. The van der Waals surface area contributed by atoms with Crippen LogP contribution >= 0.6 is 0 Å². The molecule has 3 atom stereocenters. The van der Waals surface area contributed by atoms with Crippen molar-refractivity contribution in [1.82, 2.24) is 0 Å². The summed E-state index contributed by atoms with van der Waals surface area (Å²) >= 11 is 0. The maximum Gasteiger partial charge on any atom is 0.269 e. The first kappa shape index (κ1) is 13.9. The number of rotatable bonds is 2. The van der Waals surface area contributed by atoms with Crippen molar-refractivity contribution in [3.05, 3.63) is 81.7 Å². The maximum absolute atomic E-state index is 14.2. The minimum atomic E-state index is -0.398. The quantitative estimate of drug-likeness (QED) is 0.502. The third kappa shape index (κ3) is 2.20. The summed E-state index contributed by atoms with van der Waals surface area (Å²) in [5.41, 5.74) is 2.36. The van der Waals surface area contributed by atoms with Crippen LogP contribution in [0, 0.1) is 21.8 Å². The molecular formula is C18H15FN2O2. The van der Waals surface area contributed by atoms with E-state index in [1.54, 1.807) is 18.2 Å². The molecule has 0 aromatic heterocycles. The number of nitro groups is 1. The Hall–Kier alpha value is -2.69. The van der Waals surface area contributed by atoms with Crippen LogP contribution in [0.2, 0.25) is 0 Å². The smallest absolute Gasteiger partial charge is 0.269 e. The largest absolute Gasteiger partial charge is 0.375 e. The molecule has 0 unspecified atom stereocenters. The van der Waals surface area contributed by atoms with Crippen molar-refractivity contribution in [1.29, 1.82) is 0 Å². The van der Waals surface area contributed by atoms with Crippen LogP contribution in [0.4, 0.5) is 15.8 Å². The van der Waals surface area contributed by atoms with E-state index in [-0.39, 0.29) is 29.4 Å². The Morgan fingerprint density at radius 2 is 2.04 bits per heavy atom. The van der Waals surface area contributed by atoms with Crippen LogP contribution in [0.3, 0.4) is 0 Å². The summed E-state index contributed by atoms with van der Waals surface area (Å²) in [6.45, 7) is 0. The monoisotopic (exact) mass is 310 g/mol. The predicted molar refractivity (Wildman–Crippen MR) is 85.8 cm³/mol. The molecular weight excluding hydrogens is 295 g/mol. The van der Waals surface area contributed by atoms with E-state index in [9.17, 15) is 14.5 Å². The Balaban J connectivity index is 1.80. The molecule has 1 aliphatic carbocycles. The highest BCUT2D eigenvalue weighted by atomic mass is 19.1. The molecule has 1 aliphatic heterocycles. The fraction of sp³-hybridized carbons (Fsp3) is 0.222. The molecule has 4 nitrogen and oxygen atoms in total. The minimum Gasteiger partial charge on any atom is -0.375 e. The number of halogens is 1. The zero-order valence-corrected chi connectivity index (χ0v) is 12.3. The molecule has 0 fully saturated rings. The molecule has 0 saturated heterocycles. The SMILES string of the molecule is O=[N+]([O-])c1cccc([C@H]2Nc3c(F)cccc3[C@H]3C=CC[C@H]32)c1. The molecule has 0 amide bonds. The van der Waals surface area contributed by atoms with Crippen molar-refractivity contribution >= 4 is 11.4 Å². The predicted octanol–water partition coefficient (Wildman–Crippen LogP) is 4.56. The van der Waals surface area contributed by atoms with Gasteiger partial charge < -0.3 is 5.32 Å². The Bertz CT molecular complexity index is 818. The van der Waals surface area contributed by atoms with Crippen molar-refractivity contribution in [3.8, 4) is 0 Å². The van der Waals surface area contributed by atoms with E-state index >= 15 is 0 Å². The van der Waals surface area contributed by atoms with Crippen LogP contribution in [0.25, 0.3) is 0 Å². The topological polar surface area (TPSA) is 55.2 Å². The van der Waals surface area contributed by atoms with E-state index < -0.39 is 4.92 Å². The van der Waals surface area contributed by atoms with Crippen LogP contribution in [0.15, 0.2) is 54.6 Å². The second-order valence-corrected chi connectivity index (χ2v) is 6.03. The second kappa shape index (κ2) is 5.19. The first-order valence-corrected chi connectivity index (χ1v) is 7.61. The van der Waals surface area contributed by atoms with E-state index in [4.69, 9.17) is 0 Å². The zero-order chi connectivity index (χ0) is 16.0. The third-order valence-corrected chi connectivity index (χ3v) is 4.79. The molecule has 2 aliphatic rings. The van der Waals surface area contributed by atoms with Crippen LogP contribution < -0.4 is 5.32 Å². The van der Waals surface area contributed by atoms with Crippen molar-refractivity contribution in [2.75, 3.05) is 5.32 Å². The number of fused-ring (bicyclic) bond motifs is 3. The van der Waals surface area contributed by atoms with Gasteiger partial charge in [0.2, 0.25) is 0 Å². The van der Waals surface area contributed by atoms with Crippen molar-refractivity contribution in [2.24, 2.45) is 5.92 Å². The molecule has 0 saturated carbocycles. The molecule has 1 N–H and O–H groups in total. The highest BCUT2D eigenvalue weighted by Gasteiger charge is 2.39. The van der Waals surface area contributed by atoms with Crippen LogP contribution in [-0.4, -0.2) is 4.92 Å². The molecule has 2 aromatic rings. The number of anilines is 1. The number of benzene rings is 2. The number of hydrogen-bond donors (Lipinski definition) is 1. The van der Waals surface area contributed by atoms with Gasteiger partial charge in [0.25, 0.3) is 5.69 Å². The first-order valence-electron chi connectivity index (χ1n) is 7.61. The molecule has 4 rings (SSSR count). The van der Waals surface area contributed by atoms with Crippen LogP contribution in [0.1, 0.15) is 29.5 Å². The van der Waals surface area contributed by atoms with E-state index in [1.807, 2.05) is 12.1 Å². The summed E-state index contributed by atoms with van der Waals surface area (Å²) in [5, 5.41) is 14.3. The fourth-order valence-electron chi connectivity index (χ4n) is 3.75. The van der Waals surface area contributed by atoms with Gasteiger partial charge in [-0.15, -0.1) is 0 Å². The van der Waals surface area contributed by atoms with Gasteiger partial charge in [0, 0.05) is 18.1 Å². The normalized spacial score (nSPS) is 24.7. The van der Waals surface area contributed by atoms with Gasteiger partial charge in [-0.1, -0.05) is 36.4 Å². The summed E-state index contributed by atoms with van der Waals surface area (Å²) < 4.78 is 14.2. The number of non-ortho nitro benzene ring substituents is 1. The number of para-hydroxylation sites is 1. The van der Waals surface area contributed by atoms with Gasteiger partial charge in [0.1, 0.15) is 5.82 Å². The lowest BCUT2D eigenvalue weighted by Crippen LogP contribution is -2.29. The van der Waals surface area contributed by atoms with Gasteiger partial charge in [-0.3, -0.25) is 10.1 Å². The van der Waals surface area contributed by atoms with Gasteiger partial charge in [-0.2, -0.15) is 0 Å². The summed E-state index contributed by atoms with van der Waals surface area (Å²) in [4.78, 5) is 10.6. The third-order valence-electron chi connectivity index (χ3n) is 4.79. The number of nitro benzene ring substituents is 1. The van der Waals surface area contributed by atoms with Crippen molar-refractivity contribution in [3.63, 3.8) is 0 Å². The van der Waals surface area contributed by atoms with Gasteiger partial charge in [0.15, 0.2) is 0 Å².